The smallest absolute Gasteiger partial charge is 0.0922 e. The van der Waals surface area contributed by atoms with Gasteiger partial charge in [0.1, 0.15) is 0 Å². The van der Waals surface area contributed by atoms with Crippen LogP contribution in [-0.2, 0) is 0 Å². The average molecular weight is 159 g/mol. The number of hydrogen-bond acceptors (Lipinski definition) is 3. The van der Waals surface area contributed by atoms with Gasteiger partial charge in [-0.15, -0.1) is 0 Å². The maximum absolute atomic E-state index is 4.37. The molecule has 0 aliphatic heterocycles. The Balaban J connectivity index is 2.84. The van der Waals surface area contributed by atoms with Gasteiger partial charge in [-0.05, 0) is 25.5 Å². The summed E-state index contributed by atoms with van der Waals surface area (Å²) in [7, 11) is 0. The summed E-state index contributed by atoms with van der Waals surface area (Å²) in [6.45, 7) is 4.04. The van der Waals surface area contributed by atoms with Crippen LogP contribution in [0.15, 0.2) is 18.5 Å². The predicted molar refractivity (Wildman–Crippen MR) is 46.8 cm³/mol. The van der Waals surface area contributed by atoms with Gasteiger partial charge in [0.15, 0.2) is 0 Å². The molecule has 0 aromatic carbocycles. The van der Waals surface area contributed by atoms with E-state index >= 15 is 0 Å². The molecule has 0 aliphatic carbocycles. The third-order valence-electron chi connectivity index (χ3n) is 1.97. The maximum atomic E-state index is 4.37. The van der Waals surface area contributed by atoms with Crippen LogP contribution in [0, 0.1) is 13.8 Å². The standard InChI is InChI=1S/C9H9N3/c1-6-3-8-4-10-11-5-9(8)12-7(6)2/h3-5H,1-2H3. The van der Waals surface area contributed by atoms with Crippen molar-refractivity contribution in [2.45, 2.75) is 13.8 Å². The van der Waals surface area contributed by atoms with Crippen LogP contribution in [0.3, 0.4) is 0 Å². The fourth-order valence-electron chi connectivity index (χ4n) is 1.14. The lowest BCUT2D eigenvalue weighted by Gasteiger charge is -2.00. The minimum Gasteiger partial charge on any atom is -0.251 e. The zero-order chi connectivity index (χ0) is 8.55. The molecule has 0 unspecified atom stereocenters. The molecule has 3 heteroatoms. The monoisotopic (exact) mass is 159 g/mol. The van der Waals surface area contributed by atoms with E-state index in [9.17, 15) is 0 Å². The van der Waals surface area contributed by atoms with Gasteiger partial charge in [0.05, 0.1) is 17.9 Å². The Morgan fingerprint density at radius 3 is 2.67 bits per heavy atom. The Morgan fingerprint density at radius 2 is 1.83 bits per heavy atom. The quantitative estimate of drug-likeness (QED) is 0.586. The number of rotatable bonds is 0. The Morgan fingerprint density at radius 1 is 1.08 bits per heavy atom. The predicted octanol–water partition coefficient (Wildman–Crippen LogP) is 1.64. The molecular weight excluding hydrogens is 150 g/mol. The molecule has 0 bridgehead atoms. The Hall–Kier alpha value is -1.51. The first-order valence-corrected chi connectivity index (χ1v) is 3.82. The minimum atomic E-state index is 0.910. The number of fused-ring (bicyclic) bond motifs is 1. The van der Waals surface area contributed by atoms with Crippen LogP contribution >= 0.6 is 0 Å². The van der Waals surface area contributed by atoms with Gasteiger partial charge in [0.2, 0.25) is 0 Å². The van der Waals surface area contributed by atoms with E-state index in [0.717, 1.165) is 16.6 Å². The van der Waals surface area contributed by atoms with Crippen LogP contribution in [0.1, 0.15) is 11.3 Å². The fourth-order valence-corrected chi connectivity index (χ4v) is 1.14. The largest absolute Gasteiger partial charge is 0.251 e. The third kappa shape index (κ3) is 1.03. The lowest BCUT2D eigenvalue weighted by Crippen LogP contribution is -1.89. The van der Waals surface area contributed by atoms with Crippen molar-refractivity contribution in [1.29, 1.82) is 0 Å². The van der Waals surface area contributed by atoms with Gasteiger partial charge in [-0.2, -0.15) is 10.2 Å². The molecule has 60 valence electrons. The van der Waals surface area contributed by atoms with Crippen molar-refractivity contribution in [3.05, 3.63) is 29.7 Å². The number of nitrogens with zero attached hydrogens (tertiary/aromatic N) is 3. The third-order valence-corrected chi connectivity index (χ3v) is 1.97. The van der Waals surface area contributed by atoms with E-state index in [2.05, 4.69) is 21.2 Å². The van der Waals surface area contributed by atoms with Crippen LogP contribution < -0.4 is 0 Å². The molecule has 12 heavy (non-hydrogen) atoms. The molecule has 3 nitrogen and oxygen atoms in total. The van der Waals surface area contributed by atoms with E-state index in [1.165, 1.54) is 5.56 Å². The lowest BCUT2D eigenvalue weighted by atomic mass is 10.2. The highest BCUT2D eigenvalue weighted by molar-refractivity contribution is 5.77. The second kappa shape index (κ2) is 2.52. The zero-order valence-electron chi connectivity index (χ0n) is 7.07. The molecule has 0 saturated carbocycles. The summed E-state index contributed by atoms with van der Waals surface area (Å²) in [5.74, 6) is 0. The van der Waals surface area contributed by atoms with E-state index in [-0.39, 0.29) is 0 Å². The molecule has 2 rings (SSSR count). The van der Waals surface area contributed by atoms with Gasteiger partial charge in [-0.25, -0.2) is 0 Å². The van der Waals surface area contributed by atoms with Crippen molar-refractivity contribution in [1.82, 2.24) is 15.2 Å². The highest BCUT2D eigenvalue weighted by Crippen LogP contribution is 2.12. The van der Waals surface area contributed by atoms with Crippen molar-refractivity contribution < 1.29 is 0 Å². The van der Waals surface area contributed by atoms with Crippen molar-refractivity contribution in [3.8, 4) is 0 Å². The summed E-state index contributed by atoms with van der Waals surface area (Å²) in [4.78, 5) is 4.37. The van der Waals surface area contributed by atoms with E-state index in [4.69, 9.17) is 0 Å². The summed E-state index contributed by atoms with van der Waals surface area (Å²) >= 11 is 0. The van der Waals surface area contributed by atoms with Gasteiger partial charge >= 0.3 is 0 Å². The van der Waals surface area contributed by atoms with Gasteiger partial charge < -0.3 is 0 Å². The summed E-state index contributed by atoms with van der Waals surface area (Å²) in [6, 6.07) is 2.08. The summed E-state index contributed by atoms with van der Waals surface area (Å²) < 4.78 is 0. The first-order valence-electron chi connectivity index (χ1n) is 3.82. The fraction of sp³-hybridized carbons (Fsp3) is 0.222. The SMILES string of the molecule is Cc1cc2cnncc2nc1C. The topological polar surface area (TPSA) is 38.7 Å². The van der Waals surface area contributed by atoms with Crippen LogP contribution in [-0.4, -0.2) is 15.2 Å². The van der Waals surface area contributed by atoms with Gasteiger partial charge in [-0.1, -0.05) is 0 Å². The number of aromatic nitrogens is 3. The van der Waals surface area contributed by atoms with Crippen LogP contribution in [0.4, 0.5) is 0 Å². The summed E-state index contributed by atoms with van der Waals surface area (Å²) in [5.41, 5.74) is 3.15. The highest BCUT2D eigenvalue weighted by atomic mass is 15.1. The second-order valence-electron chi connectivity index (χ2n) is 2.85. The molecule has 2 heterocycles. The Kier molecular flexibility index (Phi) is 1.50. The van der Waals surface area contributed by atoms with E-state index in [0.29, 0.717) is 0 Å². The molecule has 0 atom stereocenters. The molecule has 0 N–H and O–H groups in total. The van der Waals surface area contributed by atoms with E-state index < -0.39 is 0 Å². The lowest BCUT2D eigenvalue weighted by molar-refractivity contribution is 1.04. The number of aryl methyl sites for hydroxylation is 2. The molecular formula is C9H9N3. The molecule has 0 spiro atoms. The van der Waals surface area contributed by atoms with Gasteiger partial charge in [0.25, 0.3) is 0 Å². The Bertz CT molecular complexity index is 383. The van der Waals surface area contributed by atoms with Crippen LogP contribution in [0.5, 0.6) is 0 Å². The van der Waals surface area contributed by atoms with E-state index in [1.807, 2.05) is 13.8 Å². The first-order chi connectivity index (χ1) is 5.77. The van der Waals surface area contributed by atoms with Crippen molar-refractivity contribution in [2.75, 3.05) is 0 Å². The van der Waals surface area contributed by atoms with Gasteiger partial charge in [0, 0.05) is 11.1 Å². The molecule has 0 amide bonds. The minimum absolute atomic E-state index is 0.910. The zero-order valence-corrected chi connectivity index (χ0v) is 7.07. The molecule has 0 fully saturated rings. The highest BCUT2D eigenvalue weighted by Gasteiger charge is 1.98. The normalized spacial score (nSPS) is 10.5. The average Bonchev–Trinajstić information content (AvgIpc) is 2.07. The molecule has 0 radical (unpaired) electrons. The first kappa shape index (κ1) is 7.16. The van der Waals surface area contributed by atoms with Crippen LogP contribution in [0.25, 0.3) is 10.9 Å². The van der Waals surface area contributed by atoms with Crippen molar-refractivity contribution >= 4 is 10.9 Å². The molecule has 2 aromatic rings. The van der Waals surface area contributed by atoms with Crippen molar-refractivity contribution in [2.24, 2.45) is 0 Å². The van der Waals surface area contributed by atoms with E-state index in [1.54, 1.807) is 12.4 Å². The maximum Gasteiger partial charge on any atom is 0.0922 e. The number of hydrogen-bond donors (Lipinski definition) is 0. The van der Waals surface area contributed by atoms with Gasteiger partial charge in [-0.3, -0.25) is 4.98 Å². The second-order valence-corrected chi connectivity index (χ2v) is 2.85. The Labute approximate surface area is 70.5 Å². The van der Waals surface area contributed by atoms with Crippen molar-refractivity contribution in [3.63, 3.8) is 0 Å². The molecule has 0 aliphatic rings. The molecule has 0 saturated heterocycles. The molecule has 2 aromatic heterocycles. The summed E-state index contributed by atoms with van der Waals surface area (Å²) in [6.07, 6.45) is 3.41. The van der Waals surface area contributed by atoms with Crippen LogP contribution in [0.2, 0.25) is 0 Å². The number of pyridine rings is 1. The summed E-state index contributed by atoms with van der Waals surface area (Å²) in [5, 5.41) is 8.61.